The predicted octanol–water partition coefficient (Wildman–Crippen LogP) is 6.96. The molecular formula is C41H42N2O7S. The number of ether oxygens (including phenoxy) is 5. The number of aryl methyl sites for hydroxylation is 1. The lowest BCUT2D eigenvalue weighted by Gasteiger charge is -2.42. The van der Waals surface area contributed by atoms with Crippen molar-refractivity contribution in [2.45, 2.75) is 62.7 Å². The van der Waals surface area contributed by atoms with Crippen molar-refractivity contribution >= 4 is 15.9 Å². The molecule has 0 unspecified atom stereocenters. The monoisotopic (exact) mass is 706 g/mol. The van der Waals surface area contributed by atoms with Gasteiger partial charge >= 0.3 is 0 Å². The first-order chi connectivity index (χ1) is 24.9. The summed E-state index contributed by atoms with van der Waals surface area (Å²) in [7, 11) is -4.05. The Morgan fingerprint density at radius 1 is 0.588 bits per heavy atom. The highest BCUT2D eigenvalue weighted by Gasteiger charge is 2.48. The number of rotatable bonds is 16. The van der Waals surface area contributed by atoms with Crippen molar-refractivity contribution in [1.82, 2.24) is 4.83 Å². The molecule has 0 aromatic heterocycles. The minimum atomic E-state index is -4.05. The molecule has 5 aromatic carbocycles. The van der Waals surface area contributed by atoms with E-state index in [0.717, 1.165) is 27.8 Å². The molecule has 0 amide bonds. The van der Waals surface area contributed by atoms with Gasteiger partial charge in [0.1, 0.15) is 12.2 Å². The lowest BCUT2D eigenvalue weighted by atomic mass is 9.98. The van der Waals surface area contributed by atoms with Crippen LogP contribution in [0.15, 0.2) is 156 Å². The first kappa shape index (κ1) is 36.0. The van der Waals surface area contributed by atoms with E-state index in [4.69, 9.17) is 23.7 Å². The zero-order valence-electron chi connectivity index (χ0n) is 28.4. The van der Waals surface area contributed by atoms with Gasteiger partial charge in [0.15, 0.2) is 12.2 Å². The van der Waals surface area contributed by atoms with Crippen molar-refractivity contribution in [2.75, 3.05) is 6.61 Å². The topological polar surface area (TPSA) is 105 Å². The first-order valence-electron chi connectivity index (χ1n) is 16.9. The number of benzene rings is 5. The molecule has 5 aromatic rings. The van der Waals surface area contributed by atoms with E-state index < -0.39 is 34.4 Å². The van der Waals surface area contributed by atoms with Crippen molar-refractivity contribution in [3.05, 3.63) is 173 Å². The molecule has 6 rings (SSSR count). The Balaban J connectivity index is 1.35. The van der Waals surface area contributed by atoms with Gasteiger partial charge in [0, 0.05) is 0 Å². The van der Waals surface area contributed by atoms with Gasteiger partial charge in [-0.3, -0.25) is 0 Å². The molecule has 51 heavy (non-hydrogen) atoms. The third-order valence-electron chi connectivity index (χ3n) is 8.35. The molecule has 10 heteroatoms. The molecule has 1 heterocycles. The molecule has 264 valence electrons. The number of hydrazone groups is 1. The molecule has 0 bridgehead atoms. The van der Waals surface area contributed by atoms with Gasteiger partial charge in [-0.25, -0.2) is 0 Å². The van der Waals surface area contributed by atoms with Gasteiger partial charge in [0.05, 0.1) is 37.9 Å². The summed E-state index contributed by atoms with van der Waals surface area (Å²) in [6, 6.07) is 45.6. The summed E-state index contributed by atoms with van der Waals surface area (Å²) in [5.74, 6) is 0.00699. The fraction of sp³-hybridized carbons (Fsp3) is 0.244. The third kappa shape index (κ3) is 10.3. The summed E-state index contributed by atoms with van der Waals surface area (Å²) >= 11 is 0. The Morgan fingerprint density at radius 3 is 1.55 bits per heavy atom. The standard InChI is InChI=1S/C41H42N2O7S/c1-31-22-24-36(25-23-31)51(44,45)43-42-41-40(49-29-35-20-12-5-13-21-35)39(48-28-34-18-10-4-11-19-34)38(47-27-33-16-8-3-9-17-33)37(50-41)30-46-26-32-14-6-2-7-15-32/h2-25,37-40,43H,26-30H2,1H3/b42-41-/t37-,38-,39+,40-/m1/s1. The second-order valence-corrected chi connectivity index (χ2v) is 13.9. The van der Waals surface area contributed by atoms with Crippen LogP contribution < -0.4 is 4.83 Å². The average molecular weight is 707 g/mol. The van der Waals surface area contributed by atoms with E-state index in [1.807, 2.05) is 128 Å². The Morgan fingerprint density at radius 2 is 1.04 bits per heavy atom. The molecule has 1 aliphatic rings. The maximum Gasteiger partial charge on any atom is 0.276 e. The van der Waals surface area contributed by atoms with E-state index in [-0.39, 0.29) is 37.2 Å². The van der Waals surface area contributed by atoms with E-state index in [1.54, 1.807) is 12.1 Å². The normalized spacial score (nSPS) is 19.7. The molecule has 0 saturated carbocycles. The van der Waals surface area contributed by atoms with Crippen LogP contribution in [0.4, 0.5) is 0 Å². The maximum absolute atomic E-state index is 13.4. The van der Waals surface area contributed by atoms with E-state index in [2.05, 4.69) is 9.93 Å². The van der Waals surface area contributed by atoms with E-state index >= 15 is 0 Å². The summed E-state index contributed by atoms with van der Waals surface area (Å²) in [6.07, 6.45) is -3.17. The van der Waals surface area contributed by atoms with Crippen molar-refractivity contribution in [3.63, 3.8) is 0 Å². The van der Waals surface area contributed by atoms with Gasteiger partial charge in [0.2, 0.25) is 5.90 Å². The summed E-state index contributed by atoms with van der Waals surface area (Å²) in [5.41, 5.74) is 4.76. The van der Waals surface area contributed by atoms with Crippen LogP contribution in [-0.4, -0.2) is 45.3 Å². The molecule has 9 nitrogen and oxygen atoms in total. The third-order valence-corrected chi connectivity index (χ3v) is 9.57. The highest BCUT2D eigenvalue weighted by Crippen LogP contribution is 2.29. The fourth-order valence-corrected chi connectivity index (χ4v) is 6.43. The highest BCUT2D eigenvalue weighted by molar-refractivity contribution is 7.89. The molecule has 0 aliphatic carbocycles. The lowest BCUT2D eigenvalue weighted by molar-refractivity contribution is -0.196. The number of nitrogens with one attached hydrogen (secondary N) is 1. The van der Waals surface area contributed by atoms with Gasteiger partial charge in [0.25, 0.3) is 10.0 Å². The van der Waals surface area contributed by atoms with Gasteiger partial charge in [-0.1, -0.05) is 139 Å². The number of sulfonamides is 1. The molecule has 1 saturated heterocycles. The summed E-state index contributed by atoms with van der Waals surface area (Å²) < 4.78 is 59.4. The van der Waals surface area contributed by atoms with Crippen LogP contribution in [0.5, 0.6) is 0 Å². The maximum atomic E-state index is 13.4. The molecule has 1 fully saturated rings. The summed E-state index contributed by atoms with van der Waals surface area (Å²) in [6.45, 7) is 3.02. The Bertz CT molecular complexity index is 1910. The largest absolute Gasteiger partial charge is 0.469 e. The second kappa shape index (κ2) is 17.9. The zero-order chi connectivity index (χ0) is 35.3. The zero-order valence-corrected chi connectivity index (χ0v) is 29.2. The van der Waals surface area contributed by atoms with Gasteiger partial charge in [-0.05, 0) is 41.3 Å². The van der Waals surface area contributed by atoms with E-state index in [1.165, 1.54) is 12.1 Å². The Kier molecular flexibility index (Phi) is 12.6. The second-order valence-electron chi connectivity index (χ2n) is 12.3. The number of nitrogens with zero attached hydrogens (tertiary/aromatic N) is 1. The SMILES string of the molecule is Cc1ccc(S(=O)(=O)N/N=C2\O[C@H](COCc3ccccc3)[C@@H](OCc3ccccc3)[C@H](OCc3ccccc3)[C@H]2OCc2ccccc2)cc1. The van der Waals surface area contributed by atoms with Crippen LogP contribution in [0.3, 0.4) is 0 Å². The van der Waals surface area contributed by atoms with Crippen LogP contribution in [0.1, 0.15) is 27.8 Å². The van der Waals surface area contributed by atoms with Gasteiger partial charge in [-0.15, -0.1) is 5.10 Å². The number of hydrogen-bond acceptors (Lipinski definition) is 8. The van der Waals surface area contributed by atoms with Crippen molar-refractivity contribution in [2.24, 2.45) is 5.10 Å². The average Bonchev–Trinajstić information content (AvgIpc) is 3.17. The van der Waals surface area contributed by atoms with E-state index in [9.17, 15) is 8.42 Å². The number of hydrogen-bond donors (Lipinski definition) is 1. The molecule has 0 spiro atoms. The molecule has 0 radical (unpaired) electrons. The van der Waals surface area contributed by atoms with Gasteiger partial charge < -0.3 is 23.7 Å². The predicted molar refractivity (Wildman–Crippen MR) is 195 cm³/mol. The molecule has 1 aliphatic heterocycles. The molecule has 4 atom stereocenters. The quantitative estimate of drug-likeness (QED) is 0.111. The van der Waals surface area contributed by atoms with Crippen LogP contribution >= 0.6 is 0 Å². The minimum absolute atomic E-state index is 0.00699. The van der Waals surface area contributed by atoms with Crippen LogP contribution in [0.2, 0.25) is 0 Å². The van der Waals surface area contributed by atoms with Crippen LogP contribution in [0, 0.1) is 6.92 Å². The van der Waals surface area contributed by atoms with Crippen molar-refractivity contribution < 1.29 is 32.1 Å². The Hall–Kier alpha value is -4.84. The lowest BCUT2D eigenvalue weighted by Crippen LogP contribution is -2.60. The Labute approximate surface area is 299 Å². The van der Waals surface area contributed by atoms with Crippen molar-refractivity contribution in [3.8, 4) is 0 Å². The van der Waals surface area contributed by atoms with Crippen LogP contribution in [0.25, 0.3) is 0 Å². The van der Waals surface area contributed by atoms with E-state index in [0.29, 0.717) is 6.61 Å². The fourth-order valence-electron chi connectivity index (χ4n) is 5.62. The van der Waals surface area contributed by atoms with Crippen molar-refractivity contribution in [1.29, 1.82) is 0 Å². The smallest absolute Gasteiger partial charge is 0.276 e. The molecular weight excluding hydrogens is 665 g/mol. The summed E-state index contributed by atoms with van der Waals surface area (Å²) in [5, 5.41) is 4.36. The highest BCUT2D eigenvalue weighted by atomic mass is 32.2. The van der Waals surface area contributed by atoms with Gasteiger partial charge in [-0.2, -0.15) is 13.2 Å². The summed E-state index contributed by atoms with van der Waals surface area (Å²) in [4.78, 5) is 2.45. The first-order valence-corrected chi connectivity index (χ1v) is 18.3. The van der Waals surface area contributed by atoms with Crippen LogP contribution in [-0.2, 0) is 60.1 Å². The minimum Gasteiger partial charge on any atom is -0.469 e. The molecule has 1 N–H and O–H groups in total.